The summed E-state index contributed by atoms with van der Waals surface area (Å²) < 4.78 is 0. The topological polar surface area (TPSA) is 35.2 Å². The van der Waals surface area contributed by atoms with Gasteiger partial charge in [0.2, 0.25) is 0 Å². The van der Waals surface area contributed by atoms with Gasteiger partial charge in [-0.05, 0) is 36.1 Å². The Hall–Kier alpha value is -2.05. The Balaban J connectivity index is 0.00000178. The third-order valence-corrected chi connectivity index (χ3v) is 7.54. The van der Waals surface area contributed by atoms with Gasteiger partial charge in [0.25, 0.3) is 0 Å². The molecule has 39 heavy (non-hydrogen) atoms. The van der Waals surface area contributed by atoms with Gasteiger partial charge in [-0.25, -0.2) is 4.98 Å². The summed E-state index contributed by atoms with van der Waals surface area (Å²) >= 11 is 6.21. The van der Waals surface area contributed by atoms with Gasteiger partial charge in [-0.15, -0.1) is 37.2 Å². The molecule has 1 saturated heterocycles. The molecule has 8 heteroatoms. The normalized spacial score (nSPS) is 15.5. The summed E-state index contributed by atoms with van der Waals surface area (Å²) in [4.78, 5) is 13.9. The maximum absolute atomic E-state index is 6.21. The van der Waals surface area contributed by atoms with Crippen molar-refractivity contribution in [3.63, 3.8) is 0 Å². The van der Waals surface area contributed by atoms with Crippen LogP contribution in [0.3, 0.4) is 0 Å². The maximum atomic E-state index is 6.21. The average molecular weight is 608 g/mol. The van der Waals surface area contributed by atoms with E-state index in [1.165, 1.54) is 22.5 Å². The summed E-state index contributed by atoms with van der Waals surface area (Å²) in [7, 11) is 0. The molecular formula is C31H38Cl4N4. The van der Waals surface area contributed by atoms with Gasteiger partial charge in [-0.2, -0.15) is 0 Å². The van der Waals surface area contributed by atoms with E-state index >= 15 is 0 Å². The van der Waals surface area contributed by atoms with Crippen molar-refractivity contribution < 1.29 is 0 Å². The lowest BCUT2D eigenvalue weighted by atomic mass is 9.94. The van der Waals surface area contributed by atoms with Gasteiger partial charge in [-0.3, -0.25) is 9.80 Å². The molecule has 1 aliphatic heterocycles. The number of aryl methyl sites for hydroxylation is 1. The lowest BCUT2D eigenvalue weighted by molar-refractivity contribution is 0.0599. The van der Waals surface area contributed by atoms with Crippen molar-refractivity contribution >= 4 is 48.8 Å². The zero-order valence-corrected chi connectivity index (χ0v) is 25.8. The Morgan fingerprint density at radius 2 is 1.23 bits per heavy atom. The third-order valence-electron chi connectivity index (χ3n) is 7.29. The van der Waals surface area contributed by atoms with Crippen LogP contribution < -0.4 is 0 Å². The monoisotopic (exact) mass is 606 g/mol. The minimum absolute atomic E-state index is 0. The number of aromatic nitrogens is 2. The summed E-state index contributed by atoms with van der Waals surface area (Å²) in [5, 5.41) is 0.777. The van der Waals surface area contributed by atoms with E-state index in [-0.39, 0.29) is 49.3 Å². The first kappa shape index (κ1) is 33.2. The molecule has 0 spiro atoms. The molecule has 5 rings (SSSR count). The van der Waals surface area contributed by atoms with Crippen LogP contribution in [0.4, 0.5) is 0 Å². The van der Waals surface area contributed by atoms with Crippen molar-refractivity contribution in [2.75, 3.05) is 26.2 Å². The van der Waals surface area contributed by atoms with Gasteiger partial charge in [0.15, 0.2) is 0 Å². The third kappa shape index (κ3) is 7.58. The summed E-state index contributed by atoms with van der Waals surface area (Å²) in [6.07, 6.45) is 0. The SMILES string of the molecule is Cc1[nH]c(-c2ccccc2)nc1C(C(C)C)N1CCN(C(c2ccccc2)c2ccc(Cl)cc2)CC1.Cl.Cl.Cl. The van der Waals surface area contributed by atoms with Crippen LogP contribution in [0.15, 0.2) is 84.9 Å². The molecule has 1 aromatic heterocycles. The Morgan fingerprint density at radius 3 is 1.79 bits per heavy atom. The molecule has 0 amide bonds. The number of benzene rings is 3. The molecule has 0 bridgehead atoms. The van der Waals surface area contributed by atoms with E-state index in [4.69, 9.17) is 16.6 Å². The second-order valence-corrected chi connectivity index (χ2v) is 10.5. The van der Waals surface area contributed by atoms with Crippen LogP contribution in [0, 0.1) is 12.8 Å². The fourth-order valence-corrected chi connectivity index (χ4v) is 5.70. The molecule has 2 heterocycles. The minimum Gasteiger partial charge on any atom is -0.342 e. The highest BCUT2D eigenvalue weighted by Crippen LogP contribution is 2.35. The van der Waals surface area contributed by atoms with Crippen LogP contribution in [0.2, 0.25) is 5.02 Å². The van der Waals surface area contributed by atoms with Crippen molar-refractivity contribution in [1.82, 2.24) is 19.8 Å². The van der Waals surface area contributed by atoms with Crippen LogP contribution in [-0.2, 0) is 0 Å². The number of rotatable bonds is 7. The average Bonchev–Trinajstić information content (AvgIpc) is 3.28. The molecule has 1 aliphatic rings. The Bertz CT molecular complexity index is 1260. The van der Waals surface area contributed by atoms with Gasteiger partial charge in [0.05, 0.1) is 17.8 Å². The fraction of sp³-hybridized carbons (Fsp3) is 0.323. The number of piperazine rings is 1. The first-order valence-electron chi connectivity index (χ1n) is 12.9. The number of nitrogens with one attached hydrogen (secondary N) is 1. The highest BCUT2D eigenvalue weighted by atomic mass is 35.5. The first-order chi connectivity index (χ1) is 17.5. The number of hydrogen-bond acceptors (Lipinski definition) is 3. The number of H-pyrrole nitrogens is 1. The summed E-state index contributed by atoms with van der Waals surface area (Å²) in [6.45, 7) is 10.8. The van der Waals surface area contributed by atoms with Gasteiger partial charge in [0.1, 0.15) is 5.82 Å². The van der Waals surface area contributed by atoms with E-state index in [2.05, 4.69) is 102 Å². The minimum atomic E-state index is 0. The molecule has 3 aromatic carbocycles. The van der Waals surface area contributed by atoms with Crippen LogP contribution in [0.1, 0.15) is 48.4 Å². The number of nitrogens with zero attached hydrogens (tertiary/aromatic N) is 3. The van der Waals surface area contributed by atoms with Crippen LogP contribution >= 0.6 is 48.8 Å². The van der Waals surface area contributed by atoms with E-state index in [0.717, 1.165) is 42.6 Å². The van der Waals surface area contributed by atoms with E-state index in [9.17, 15) is 0 Å². The quantitative estimate of drug-likeness (QED) is 0.229. The highest BCUT2D eigenvalue weighted by molar-refractivity contribution is 6.30. The standard InChI is InChI=1S/C31H35ClN4.3ClH/c1-22(2)29(28-23(3)33-31(34-28)26-12-8-5-9-13-26)35-18-20-36(21-19-35)30(24-10-6-4-7-11-24)25-14-16-27(32)17-15-25;;;/h4-17,22,29-30H,18-21H2,1-3H3,(H,33,34);3*1H. The van der Waals surface area contributed by atoms with Crippen molar-refractivity contribution in [3.8, 4) is 11.4 Å². The summed E-state index contributed by atoms with van der Waals surface area (Å²) in [6, 6.07) is 30.1. The number of hydrogen-bond donors (Lipinski definition) is 1. The van der Waals surface area contributed by atoms with Crippen molar-refractivity contribution in [1.29, 1.82) is 0 Å². The van der Waals surface area contributed by atoms with Crippen LogP contribution in [-0.4, -0.2) is 45.9 Å². The van der Waals surface area contributed by atoms with E-state index in [1.54, 1.807) is 0 Å². The maximum Gasteiger partial charge on any atom is 0.137 e. The predicted octanol–water partition coefficient (Wildman–Crippen LogP) is 8.41. The molecule has 1 N–H and O–H groups in total. The Labute approximate surface area is 256 Å². The van der Waals surface area contributed by atoms with Crippen molar-refractivity contribution in [2.24, 2.45) is 5.92 Å². The zero-order valence-electron chi connectivity index (χ0n) is 22.6. The van der Waals surface area contributed by atoms with Crippen LogP contribution in [0.25, 0.3) is 11.4 Å². The summed E-state index contributed by atoms with van der Waals surface area (Å²) in [5.74, 6) is 1.42. The predicted molar refractivity (Wildman–Crippen MR) is 171 cm³/mol. The van der Waals surface area contributed by atoms with Crippen molar-refractivity contribution in [3.05, 3.63) is 112 Å². The smallest absolute Gasteiger partial charge is 0.137 e. The molecule has 1 fully saturated rings. The van der Waals surface area contributed by atoms with Gasteiger partial charge in [0, 0.05) is 42.5 Å². The molecule has 4 nitrogen and oxygen atoms in total. The molecule has 0 radical (unpaired) electrons. The Kier molecular flexibility index (Phi) is 12.8. The van der Waals surface area contributed by atoms with Gasteiger partial charge in [-0.1, -0.05) is 98.2 Å². The second-order valence-electron chi connectivity index (χ2n) is 10.1. The Morgan fingerprint density at radius 1 is 0.718 bits per heavy atom. The molecule has 210 valence electrons. The van der Waals surface area contributed by atoms with E-state index < -0.39 is 0 Å². The molecule has 4 aromatic rings. The molecule has 2 atom stereocenters. The fourth-order valence-electron chi connectivity index (χ4n) is 5.57. The molecule has 2 unspecified atom stereocenters. The molecular weight excluding hydrogens is 570 g/mol. The zero-order chi connectivity index (χ0) is 25.1. The lowest BCUT2D eigenvalue weighted by Gasteiger charge is -2.43. The number of aromatic amines is 1. The first-order valence-corrected chi connectivity index (χ1v) is 13.3. The number of imidazole rings is 1. The van der Waals surface area contributed by atoms with Gasteiger partial charge >= 0.3 is 0 Å². The molecule has 0 saturated carbocycles. The lowest BCUT2D eigenvalue weighted by Crippen LogP contribution is -2.50. The van der Waals surface area contributed by atoms with E-state index in [0.29, 0.717) is 5.92 Å². The van der Waals surface area contributed by atoms with Crippen LogP contribution in [0.5, 0.6) is 0 Å². The molecule has 0 aliphatic carbocycles. The largest absolute Gasteiger partial charge is 0.342 e. The summed E-state index contributed by atoms with van der Waals surface area (Å²) in [5.41, 5.74) is 6.08. The number of halogens is 4. The second kappa shape index (κ2) is 15.1. The highest BCUT2D eigenvalue weighted by Gasteiger charge is 2.33. The van der Waals surface area contributed by atoms with Crippen molar-refractivity contribution in [2.45, 2.75) is 32.9 Å². The van der Waals surface area contributed by atoms with Gasteiger partial charge < -0.3 is 4.98 Å². The van der Waals surface area contributed by atoms with E-state index in [1.807, 2.05) is 18.2 Å².